The predicted octanol–water partition coefficient (Wildman–Crippen LogP) is 4.18. The van der Waals surface area contributed by atoms with Crippen LogP contribution in [0.1, 0.15) is 32.3 Å². The van der Waals surface area contributed by atoms with Crippen LogP contribution in [0.5, 0.6) is 11.5 Å². The smallest absolute Gasteiger partial charge is 0.224 e. The van der Waals surface area contributed by atoms with Crippen molar-refractivity contribution in [2.45, 2.75) is 39.3 Å². The molecule has 1 amide bonds. The number of nitrogens with zero attached hydrogens (tertiary/aromatic N) is 1. The second kappa shape index (κ2) is 14.5. The van der Waals surface area contributed by atoms with Gasteiger partial charge < -0.3 is 25.4 Å². The number of anilines is 1. The van der Waals surface area contributed by atoms with E-state index in [2.05, 4.69) is 20.9 Å². The molecule has 0 saturated heterocycles. The second-order valence-corrected chi connectivity index (χ2v) is 6.88. The summed E-state index contributed by atoms with van der Waals surface area (Å²) in [5.74, 6) is 2.15. The minimum absolute atomic E-state index is 0. The van der Waals surface area contributed by atoms with E-state index in [9.17, 15) is 4.79 Å². The molecule has 0 aliphatic rings. The zero-order valence-electron chi connectivity index (χ0n) is 18.6. The monoisotopic (exact) mass is 540 g/mol. The number of ether oxygens (including phenoxy) is 2. The van der Waals surface area contributed by atoms with Gasteiger partial charge in [0, 0.05) is 25.7 Å². The quantitative estimate of drug-likeness (QED) is 0.239. The number of hydrogen-bond donors (Lipinski definition) is 3. The molecule has 3 N–H and O–H groups in total. The van der Waals surface area contributed by atoms with Crippen molar-refractivity contribution in [2.75, 3.05) is 26.0 Å². The highest BCUT2D eigenvalue weighted by Gasteiger charge is 2.09. The normalized spacial score (nSPS) is 11.7. The molecule has 1 atom stereocenters. The van der Waals surface area contributed by atoms with E-state index in [0.717, 1.165) is 17.7 Å². The first-order valence-electron chi connectivity index (χ1n) is 10.2. The molecule has 7 nitrogen and oxygen atoms in total. The van der Waals surface area contributed by atoms with E-state index >= 15 is 0 Å². The molecule has 0 saturated carbocycles. The van der Waals surface area contributed by atoms with Crippen LogP contribution in [-0.2, 0) is 11.3 Å². The molecule has 2 aromatic carbocycles. The molecule has 0 radical (unpaired) electrons. The van der Waals surface area contributed by atoms with Gasteiger partial charge in [0.05, 0.1) is 13.7 Å². The Morgan fingerprint density at radius 3 is 2.35 bits per heavy atom. The van der Waals surface area contributed by atoms with Crippen molar-refractivity contribution < 1.29 is 14.3 Å². The SMILES string of the molecule is CCCC(=O)Nc1ccc(CNC(=NC)NCC(C)Oc2ccccc2OC)cc1.I. The number of carbonyl (C=O) groups is 1. The lowest BCUT2D eigenvalue weighted by molar-refractivity contribution is -0.116. The summed E-state index contributed by atoms with van der Waals surface area (Å²) in [6.07, 6.45) is 1.29. The largest absolute Gasteiger partial charge is 0.493 e. The summed E-state index contributed by atoms with van der Waals surface area (Å²) in [6.45, 7) is 5.17. The van der Waals surface area contributed by atoms with Gasteiger partial charge in [-0.25, -0.2) is 0 Å². The van der Waals surface area contributed by atoms with Crippen LogP contribution in [0.4, 0.5) is 5.69 Å². The number of carbonyl (C=O) groups excluding carboxylic acids is 1. The van der Waals surface area contributed by atoms with E-state index < -0.39 is 0 Å². The highest BCUT2D eigenvalue weighted by Crippen LogP contribution is 2.26. The van der Waals surface area contributed by atoms with E-state index in [1.165, 1.54) is 0 Å². The summed E-state index contributed by atoms with van der Waals surface area (Å²) in [5.41, 5.74) is 1.90. The van der Waals surface area contributed by atoms with Crippen LogP contribution in [0, 0.1) is 0 Å². The topological polar surface area (TPSA) is 84.0 Å². The van der Waals surface area contributed by atoms with Crippen LogP contribution in [0.25, 0.3) is 0 Å². The van der Waals surface area contributed by atoms with Gasteiger partial charge in [-0.1, -0.05) is 31.2 Å². The van der Waals surface area contributed by atoms with Crippen molar-refractivity contribution >= 4 is 41.5 Å². The van der Waals surface area contributed by atoms with E-state index in [-0.39, 0.29) is 36.0 Å². The fraction of sp³-hybridized carbons (Fsp3) is 0.391. The Bertz CT molecular complexity index is 828. The Labute approximate surface area is 202 Å². The first-order chi connectivity index (χ1) is 14.5. The molecular formula is C23H33IN4O3. The molecule has 170 valence electrons. The Balaban J connectivity index is 0.00000480. The zero-order valence-corrected chi connectivity index (χ0v) is 20.9. The van der Waals surface area contributed by atoms with Crippen LogP contribution in [0.3, 0.4) is 0 Å². The predicted molar refractivity (Wildman–Crippen MR) is 137 cm³/mol. The summed E-state index contributed by atoms with van der Waals surface area (Å²) < 4.78 is 11.3. The van der Waals surface area contributed by atoms with E-state index in [1.54, 1.807) is 14.2 Å². The number of halogens is 1. The molecule has 0 bridgehead atoms. The number of benzene rings is 2. The highest BCUT2D eigenvalue weighted by molar-refractivity contribution is 14.0. The number of rotatable bonds is 10. The maximum Gasteiger partial charge on any atom is 0.224 e. The van der Waals surface area contributed by atoms with Crippen molar-refractivity contribution in [3.63, 3.8) is 0 Å². The van der Waals surface area contributed by atoms with Crippen LogP contribution in [0.15, 0.2) is 53.5 Å². The standard InChI is InChI=1S/C23H32N4O3.HI/c1-5-8-22(28)27-19-13-11-18(12-14-19)16-26-23(24-3)25-15-17(2)30-21-10-7-6-9-20(21)29-4;/h6-7,9-14,17H,5,8,15-16H2,1-4H3,(H,27,28)(H2,24,25,26);1H. The third-order valence-corrected chi connectivity index (χ3v) is 4.35. The molecule has 0 aliphatic heterocycles. The van der Waals surface area contributed by atoms with Gasteiger partial charge in [-0.05, 0) is 43.2 Å². The third kappa shape index (κ3) is 9.46. The van der Waals surface area contributed by atoms with Crippen molar-refractivity contribution in [1.29, 1.82) is 0 Å². The number of aliphatic imine (C=N–C) groups is 1. The minimum Gasteiger partial charge on any atom is -0.493 e. The van der Waals surface area contributed by atoms with Gasteiger partial charge in [-0.3, -0.25) is 9.79 Å². The summed E-state index contributed by atoms with van der Waals surface area (Å²) >= 11 is 0. The molecule has 0 aromatic heterocycles. The fourth-order valence-corrected chi connectivity index (χ4v) is 2.78. The molecule has 0 fully saturated rings. The summed E-state index contributed by atoms with van der Waals surface area (Å²) in [4.78, 5) is 15.9. The maximum atomic E-state index is 11.7. The summed E-state index contributed by atoms with van der Waals surface area (Å²) in [7, 11) is 3.36. The van der Waals surface area contributed by atoms with Crippen molar-refractivity contribution in [2.24, 2.45) is 4.99 Å². The van der Waals surface area contributed by atoms with E-state index in [1.807, 2.05) is 62.4 Å². The lowest BCUT2D eigenvalue weighted by Gasteiger charge is -2.19. The van der Waals surface area contributed by atoms with Gasteiger partial charge in [0.1, 0.15) is 6.10 Å². The van der Waals surface area contributed by atoms with Gasteiger partial charge >= 0.3 is 0 Å². The van der Waals surface area contributed by atoms with Crippen LogP contribution in [0.2, 0.25) is 0 Å². The Kier molecular flexibility index (Phi) is 12.4. The molecule has 0 heterocycles. The van der Waals surface area contributed by atoms with Gasteiger partial charge in [-0.2, -0.15) is 0 Å². The first kappa shape index (κ1) is 26.5. The highest BCUT2D eigenvalue weighted by atomic mass is 127. The Hall–Kier alpha value is -2.49. The van der Waals surface area contributed by atoms with Crippen LogP contribution in [-0.4, -0.2) is 38.7 Å². The average Bonchev–Trinajstić information content (AvgIpc) is 2.75. The number of hydrogen-bond acceptors (Lipinski definition) is 4. The summed E-state index contributed by atoms with van der Waals surface area (Å²) in [5, 5.41) is 9.43. The van der Waals surface area contributed by atoms with Crippen LogP contribution < -0.4 is 25.4 Å². The molecule has 1 unspecified atom stereocenters. The Morgan fingerprint density at radius 2 is 1.74 bits per heavy atom. The van der Waals surface area contributed by atoms with Crippen molar-refractivity contribution in [3.05, 3.63) is 54.1 Å². The molecule has 2 aromatic rings. The maximum absolute atomic E-state index is 11.7. The van der Waals surface area contributed by atoms with Gasteiger partial charge in [0.2, 0.25) is 5.91 Å². The number of nitrogens with one attached hydrogen (secondary N) is 3. The zero-order chi connectivity index (χ0) is 21.8. The second-order valence-electron chi connectivity index (χ2n) is 6.88. The number of methoxy groups -OCH3 is 1. The van der Waals surface area contributed by atoms with Crippen LogP contribution >= 0.6 is 24.0 Å². The lowest BCUT2D eigenvalue weighted by atomic mass is 10.2. The molecule has 2 rings (SSSR count). The average molecular weight is 540 g/mol. The molecule has 0 spiro atoms. The fourth-order valence-electron chi connectivity index (χ4n) is 2.78. The van der Waals surface area contributed by atoms with Gasteiger partial charge in [-0.15, -0.1) is 24.0 Å². The minimum atomic E-state index is -0.0779. The number of guanidine groups is 1. The first-order valence-corrected chi connectivity index (χ1v) is 10.2. The molecule has 31 heavy (non-hydrogen) atoms. The molecule has 0 aliphatic carbocycles. The third-order valence-electron chi connectivity index (χ3n) is 4.35. The van der Waals surface area contributed by atoms with E-state index in [4.69, 9.17) is 9.47 Å². The number of para-hydroxylation sites is 2. The lowest BCUT2D eigenvalue weighted by Crippen LogP contribution is -2.41. The van der Waals surface area contributed by atoms with Gasteiger partial charge in [0.25, 0.3) is 0 Å². The van der Waals surface area contributed by atoms with Gasteiger partial charge in [0.15, 0.2) is 17.5 Å². The van der Waals surface area contributed by atoms with E-state index in [0.29, 0.717) is 37.0 Å². The van der Waals surface area contributed by atoms with Crippen molar-refractivity contribution in [1.82, 2.24) is 10.6 Å². The molecular weight excluding hydrogens is 507 g/mol. The number of amides is 1. The van der Waals surface area contributed by atoms with Crippen molar-refractivity contribution in [3.8, 4) is 11.5 Å². The molecule has 8 heteroatoms. The summed E-state index contributed by atoms with van der Waals surface area (Å²) in [6, 6.07) is 15.4. The Morgan fingerprint density at radius 1 is 1.06 bits per heavy atom.